The Morgan fingerprint density at radius 3 is 2.41 bits per heavy atom. The van der Waals surface area contributed by atoms with Gasteiger partial charge >= 0.3 is 0 Å². The summed E-state index contributed by atoms with van der Waals surface area (Å²) in [7, 11) is 3.09. The molecular weight excluding hydrogens is 372 g/mol. The number of ether oxygens (including phenoxy) is 2. The maximum atomic E-state index is 12.3. The first-order valence-corrected chi connectivity index (χ1v) is 8.69. The summed E-state index contributed by atoms with van der Waals surface area (Å²) in [6.45, 7) is 2.08. The van der Waals surface area contributed by atoms with E-state index in [-0.39, 0.29) is 23.6 Å². The summed E-state index contributed by atoms with van der Waals surface area (Å²) in [6.07, 6.45) is 4.41. The lowest BCUT2D eigenvalue weighted by Crippen LogP contribution is -2.24. The molecular formula is C22H22N2O5. The summed E-state index contributed by atoms with van der Waals surface area (Å²) in [5.74, 6) is 0.492. The van der Waals surface area contributed by atoms with Gasteiger partial charge in [0.15, 0.2) is 11.5 Å². The van der Waals surface area contributed by atoms with Crippen LogP contribution in [0.2, 0.25) is 0 Å². The molecule has 0 aliphatic rings. The molecule has 0 saturated heterocycles. The molecule has 0 bridgehead atoms. The Morgan fingerprint density at radius 1 is 1.14 bits per heavy atom. The number of hydrogen-bond acceptors (Lipinski definition) is 6. The van der Waals surface area contributed by atoms with Gasteiger partial charge in [0.05, 0.1) is 14.2 Å². The number of nitriles is 1. The van der Waals surface area contributed by atoms with Crippen LogP contribution in [-0.2, 0) is 11.3 Å². The third-order valence-corrected chi connectivity index (χ3v) is 4.02. The van der Waals surface area contributed by atoms with Crippen molar-refractivity contribution in [2.24, 2.45) is 0 Å². The second kappa shape index (κ2) is 9.85. The molecule has 2 aromatic rings. The first-order chi connectivity index (χ1) is 13.9. The van der Waals surface area contributed by atoms with E-state index in [1.807, 2.05) is 19.1 Å². The molecule has 0 radical (unpaired) electrons. The van der Waals surface area contributed by atoms with Gasteiger partial charge in [0.25, 0.3) is 5.91 Å². The summed E-state index contributed by atoms with van der Waals surface area (Å²) in [6, 6.07) is 9.57. The summed E-state index contributed by atoms with van der Waals surface area (Å²) >= 11 is 0. The lowest BCUT2D eigenvalue weighted by molar-refractivity contribution is -0.117. The molecule has 150 valence electrons. The van der Waals surface area contributed by atoms with Crippen LogP contribution in [0.3, 0.4) is 0 Å². The number of hydrogen-bond donors (Lipinski definition) is 3. The average molecular weight is 394 g/mol. The first kappa shape index (κ1) is 21.4. The highest BCUT2D eigenvalue weighted by Crippen LogP contribution is 2.31. The fourth-order valence-corrected chi connectivity index (χ4v) is 2.74. The SMILES string of the molecule is COc1cc(CNC(=O)/C(C#N)=C/C=C/c2cc(O)cc(O)c2)cc(C)c1OC. The highest BCUT2D eigenvalue weighted by molar-refractivity contribution is 5.97. The molecule has 3 N–H and O–H groups in total. The zero-order valence-electron chi connectivity index (χ0n) is 16.4. The van der Waals surface area contributed by atoms with E-state index in [9.17, 15) is 20.3 Å². The number of aromatic hydroxyl groups is 2. The van der Waals surface area contributed by atoms with E-state index in [0.717, 1.165) is 11.1 Å². The number of carbonyl (C=O) groups excluding carboxylic acids is 1. The van der Waals surface area contributed by atoms with E-state index in [1.54, 1.807) is 19.3 Å². The summed E-state index contributed by atoms with van der Waals surface area (Å²) in [5.41, 5.74) is 2.11. The largest absolute Gasteiger partial charge is 0.508 e. The van der Waals surface area contributed by atoms with Gasteiger partial charge in [0.2, 0.25) is 0 Å². The molecule has 0 spiro atoms. The third kappa shape index (κ3) is 5.78. The van der Waals surface area contributed by atoms with E-state index in [1.165, 1.54) is 37.5 Å². The predicted molar refractivity (Wildman–Crippen MR) is 109 cm³/mol. The highest BCUT2D eigenvalue weighted by Gasteiger charge is 2.11. The van der Waals surface area contributed by atoms with Crippen LogP contribution in [0.5, 0.6) is 23.0 Å². The Labute approximate surface area is 169 Å². The highest BCUT2D eigenvalue weighted by atomic mass is 16.5. The zero-order valence-corrected chi connectivity index (χ0v) is 16.4. The van der Waals surface area contributed by atoms with Crippen molar-refractivity contribution >= 4 is 12.0 Å². The molecule has 7 nitrogen and oxygen atoms in total. The molecule has 0 unspecified atom stereocenters. The van der Waals surface area contributed by atoms with E-state index >= 15 is 0 Å². The minimum absolute atomic E-state index is 0.0807. The maximum absolute atomic E-state index is 12.3. The zero-order chi connectivity index (χ0) is 21.4. The second-order valence-corrected chi connectivity index (χ2v) is 6.16. The van der Waals surface area contributed by atoms with Crippen molar-refractivity contribution in [3.63, 3.8) is 0 Å². The van der Waals surface area contributed by atoms with Crippen molar-refractivity contribution in [2.45, 2.75) is 13.5 Å². The molecule has 0 saturated carbocycles. The molecule has 1 amide bonds. The van der Waals surface area contributed by atoms with Gasteiger partial charge in [-0.25, -0.2) is 0 Å². The van der Waals surface area contributed by atoms with Crippen LogP contribution in [0.4, 0.5) is 0 Å². The molecule has 0 aliphatic carbocycles. The van der Waals surface area contributed by atoms with Crippen LogP contribution in [0.1, 0.15) is 16.7 Å². The van der Waals surface area contributed by atoms with Gasteiger partial charge in [-0.3, -0.25) is 4.79 Å². The molecule has 0 heterocycles. The number of methoxy groups -OCH3 is 2. The molecule has 29 heavy (non-hydrogen) atoms. The van der Waals surface area contributed by atoms with Crippen molar-refractivity contribution in [1.29, 1.82) is 5.26 Å². The standard InChI is InChI=1S/C22H22N2O5/c1-14-7-16(10-20(28-2)21(14)29-3)13-24-22(27)17(12-23)6-4-5-15-8-18(25)11-19(26)9-15/h4-11,25-26H,13H2,1-3H3,(H,24,27)/b5-4+,17-6+. The normalized spacial score (nSPS) is 11.2. The second-order valence-electron chi connectivity index (χ2n) is 6.16. The van der Waals surface area contributed by atoms with Crippen LogP contribution in [0.25, 0.3) is 6.08 Å². The number of aryl methyl sites for hydroxylation is 1. The van der Waals surface area contributed by atoms with Gasteiger partial charge in [0.1, 0.15) is 23.1 Å². The summed E-state index contributed by atoms with van der Waals surface area (Å²) in [5, 5.41) is 30.9. The van der Waals surface area contributed by atoms with E-state index in [0.29, 0.717) is 17.1 Å². The minimum atomic E-state index is -0.525. The minimum Gasteiger partial charge on any atom is -0.508 e. The Hall–Kier alpha value is -3.92. The number of phenolic OH excluding ortho intramolecular Hbond substituents is 2. The molecule has 7 heteroatoms. The lowest BCUT2D eigenvalue weighted by Gasteiger charge is -2.13. The van der Waals surface area contributed by atoms with Gasteiger partial charge in [0, 0.05) is 12.6 Å². The van der Waals surface area contributed by atoms with Gasteiger partial charge in [-0.2, -0.15) is 5.26 Å². The fraction of sp³-hybridized carbons (Fsp3) is 0.182. The van der Waals surface area contributed by atoms with Crippen LogP contribution < -0.4 is 14.8 Å². The number of nitrogens with zero attached hydrogens (tertiary/aromatic N) is 1. The van der Waals surface area contributed by atoms with Crippen LogP contribution in [0, 0.1) is 18.3 Å². The van der Waals surface area contributed by atoms with Gasteiger partial charge in [-0.05, 0) is 47.9 Å². The summed E-state index contributed by atoms with van der Waals surface area (Å²) < 4.78 is 10.6. The van der Waals surface area contributed by atoms with Crippen molar-refractivity contribution in [3.05, 3.63) is 64.7 Å². The molecule has 0 aliphatic heterocycles. The maximum Gasteiger partial charge on any atom is 0.262 e. The lowest BCUT2D eigenvalue weighted by atomic mass is 10.1. The number of nitrogens with one attached hydrogen (secondary N) is 1. The van der Waals surface area contributed by atoms with E-state index in [2.05, 4.69) is 5.32 Å². The molecule has 2 aromatic carbocycles. The van der Waals surface area contributed by atoms with Crippen molar-refractivity contribution < 1.29 is 24.5 Å². The number of allylic oxidation sites excluding steroid dienone is 2. The van der Waals surface area contributed by atoms with Gasteiger partial charge in [-0.1, -0.05) is 18.2 Å². The first-order valence-electron chi connectivity index (χ1n) is 8.69. The topological polar surface area (TPSA) is 112 Å². The Kier molecular flexibility index (Phi) is 7.26. The fourth-order valence-electron chi connectivity index (χ4n) is 2.74. The number of carbonyl (C=O) groups is 1. The quantitative estimate of drug-likeness (QED) is 0.378. The number of benzene rings is 2. The number of phenols is 2. The Bertz CT molecular complexity index is 983. The smallest absolute Gasteiger partial charge is 0.262 e. The number of amides is 1. The molecule has 0 aromatic heterocycles. The Morgan fingerprint density at radius 2 is 1.83 bits per heavy atom. The van der Waals surface area contributed by atoms with Crippen molar-refractivity contribution in [1.82, 2.24) is 5.32 Å². The summed E-state index contributed by atoms with van der Waals surface area (Å²) in [4.78, 5) is 12.3. The monoisotopic (exact) mass is 394 g/mol. The van der Waals surface area contributed by atoms with E-state index in [4.69, 9.17) is 9.47 Å². The Balaban J connectivity index is 2.08. The van der Waals surface area contributed by atoms with E-state index < -0.39 is 5.91 Å². The number of rotatable bonds is 7. The van der Waals surface area contributed by atoms with Crippen molar-refractivity contribution in [2.75, 3.05) is 14.2 Å². The molecule has 2 rings (SSSR count). The van der Waals surface area contributed by atoms with Gasteiger partial charge < -0.3 is 25.0 Å². The van der Waals surface area contributed by atoms with Crippen LogP contribution >= 0.6 is 0 Å². The third-order valence-electron chi connectivity index (χ3n) is 4.02. The average Bonchev–Trinajstić information content (AvgIpc) is 2.68. The molecule has 0 atom stereocenters. The van der Waals surface area contributed by atoms with Crippen LogP contribution in [0.15, 0.2) is 48.1 Å². The van der Waals surface area contributed by atoms with Gasteiger partial charge in [-0.15, -0.1) is 0 Å². The van der Waals surface area contributed by atoms with Crippen LogP contribution in [-0.4, -0.2) is 30.3 Å². The predicted octanol–water partition coefficient (Wildman–Crippen LogP) is 3.20. The molecule has 0 fully saturated rings. The van der Waals surface area contributed by atoms with Crippen molar-refractivity contribution in [3.8, 4) is 29.1 Å².